The van der Waals surface area contributed by atoms with Crippen molar-refractivity contribution in [1.29, 1.82) is 0 Å². The summed E-state index contributed by atoms with van der Waals surface area (Å²) in [7, 11) is 2.08. The maximum Gasteiger partial charge on any atom is 0.237 e. The van der Waals surface area contributed by atoms with E-state index >= 15 is 0 Å². The molecule has 3 rings (SSSR count). The van der Waals surface area contributed by atoms with Crippen molar-refractivity contribution in [2.24, 2.45) is 17.6 Å². The number of carbonyl (C=O) groups is 1. The number of carbonyl (C=O) groups excluding carboxylic acids is 1. The average molecular weight is 293 g/mol. The maximum absolute atomic E-state index is 12.8. The highest BCUT2D eigenvalue weighted by atomic mass is 16.2. The van der Waals surface area contributed by atoms with Crippen LogP contribution in [0.15, 0.2) is 0 Å². The third kappa shape index (κ3) is 3.42. The van der Waals surface area contributed by atoms with Crippen molar-refractivity contribution in [3.8, 4) is 0 Å². The van der Waals surface area contributed by atoms with Gasteiger partial charge in [0, 0.05) is 25.2 Å². The Morgan fingerprint density at radius 3 is 2.62 bits per heavy atom. The molecule has 120 valence electrons. The SMILES string of the molecule is CN(CC(=O)N1CCCC2CCCCC21)C(CN)C1CC1. The highest BCUT2D eigenvalue weighted by molar-refractivity contribution is 5.78. The molecule has 21 heavy (non-hydrogen) atoms. The number of fused-ring (bicyclic) bond motifs is 1. The number of nitrogens with zero attached hydrogens (tertiary/aromatic N) is 2. The van der Waals surface area contributed by atoms with Gasteiger partial charge in [0.05, 0.1) is 6.54 Å². The van der Waals surface area contributed by atoms with Gasteiger partial charge in [-0.2, -0.15) is 0 Å². The van der Waals surface area contributed by atoms with E-state index in [1.807, 2.05) is 0 Å². The van der Waals surface area contributed by atoms with Crippen LogP contribution in [0.1, 0.15) is 51.4 Å². The van der Waals surface area contributed by atoms with E-state index in [-0.39, 0.29) is 0 Å². The molecule has 2 saturated carbocycles. The summed E-state index contributed by atoms with van der Waals surface area (Å²) < 4.78 is 0. The summed E-state index contributed by atoms with van der Waals surface area (Å²) in [6.07, 6.45) is 10.3. The van der Waals surface area contributed by atoms with E-state index in [0.717, 1.165) is 18.4 Å². The van der Waals surface area contributed by atoms with Gasteiger partial charge in [-0.25, -0.2) is 0 Å². The molecule has 4 heteroatoms. The fourth-order valence-electron chi connectivity index (χ4n) is 4.57. The number of piperidine rings is 1. The first-order chi connectivity index (χ1) is 10.2. The second kappa shape index (κ2) is 6.66. The molecule has 1 heterocycles. The molecule has 3 unspecified atom stereocenters. The number of hydrogen-bond donors (Lipinski definition) is 1. The minimum Gasteiger partial charge on any atom is -0.338 e. The van der Waals surface area contributed by atoms with Crippen molar-refractivity contribution < 1.29 is 4.79 Å². The Labute approximate surface area is 129 Å². The predicted octanol–water partition coefficient (Wildman–Crippen LogP) is 1.84. The van der Waals surface area contributed by atoms with E-state index in [1.165, 1.54) is 51.4 Å². The second-order valence-electron chi connectivity index (χ2n) is 7.40. The van der Waals surface area contributed by atoms with Crippen LogP contribution in [0.2, 0.25) is 0 Å². The molecule has 0 aromatic rings. The first-order valence-electron chi connectivity index (χ1n) is 8.90. The fraction of sp³-hybridized carbons (Fsp3) is 0.941. The van der Waals surface area contributed by atoms with Crippen molar-refractivity contribution in [2.75, 3.05) is 26.7 Å². The van der Waals surface area contributed by atoms with Crippen LogP contribution in [0.25, 0.3) is 0 Å². The molecule has 1 aliphatic heterocycles. The molecule has 3 atom stereocenters. The standard InChI is InChI=1S/C17H31N3O/c1-19(16(11-18)14-8-9-14)12-17(21)20-10-4-6-13-5-2-3-7-15(13)20/h13-16H,2-12,18H2,1H3. The van der Waals surface area contributed by atoms with Gasteiger partial charge < -0.3 is 10.6 Å². The fourth-order valence-corrected chi connectivity index (χ4v) is 4.57. The molecule has 0 radical (unpaired) electrons. The summed E-state index contributed by atoms with van der Waals surface area (Å²) >= 11 is 0. The van der Waals surface area contributed by atoms with Gasteiger partial charge in [0.25, 0.3) is 0 Å². The van der Waals surface area contributed by atoms with Crippen LogP contribution in [-0.4, -0.2) is 54.5 Å². The van der Waals surface area contributed by atoms with Crippen LogP contribution in [0.3, 0.4) is 0 Å². The maximum atomic E-state index is 12.8. The molecular weight excluding hydrogens is 262 g/mol. The number of rotatable bonds is 5. The molecule has 0 spiro atoms. The van der Waals surface area contributed by atoms with E-state index in [9.17, 15) is 4.79 Å². The molecule has 0 aromatic carbocycles. The minimum atomic E-state index is 0.341. The molecule has 2 N–H and O–H groups in total. The van der Waals surface area contributed by atoms with E-state index in [4.69, 9.17) is 5.73 Å². The topological polar surface area (TPSA) is 49.6 Å². The lowest BCUT2D eigenvalue weighted by atomic mass is 9.78. The first kappa shape index (κ1) is 15.3. The molecular formula is C17H31N3O. The molecule has 4 nitrogen and oxygen atoms in total. The van der Waals surface area contributed by atoms with Gasteiger partial charge in [-0.1, -0.05) is 12.8 Å². The monoisotopic (exact) mass is 293 g/mol. The highest BCUT2D eigenvalue weighted by Crippen LogP contribution is 2.36. The zero-order chi connectivity index (χ0) is 14.8. The Balaban J connectivity index is 1.58. The quantitative estimate of drug-likeness (QED) is 0.841. The van der Waals surface area contributed by atoms with Crippen molar-refractivity contribution in [3.05, 3.63) is 0 Å². The summed E-state index contributed by atoms with van der Waals surface area (Å²) in [5, 5.41) is 0. The zero-order valence-corrected chi connectivity index (χ0v) is 13.5. The van der Waals surface area contributed by atoms with Crippen LogP contribution >= 0.6 is 0 Å². The van der Waals surface area contributed by atoms with E-state index in [2.05, 4.69) is 16.8 Å². The lowest BCUT2D eigenvalue weighted by Gasteiger charge is -2.44. The number of likely N-dealkylation sites (tertiary alicyclic amines) is 1. The van der Waals surface area contributed by atoms with Gasteiger partial charge in [-0.15, -0.1) is 0 Å². The van der Waals surface area contributed by atoms with Crippen LogP contribution in [-0.2, 0) is 4.79 Å². The first-order valence-corrected chi connectivity index (χ1v) is 8.90. The Hall–Kier alpha value is -0.610. The van der Waals surface area contributed by atoms with Crippen LogP contribution < -0.4 is 5.73 Å². The molecule has 3 fully saturated rings. The van der Waals surface area contributed by atoms with Crippen LogP contribution in [0, 0.1) is 11.8 Å². The predicted molar refractivity (Wildman–Crippen MR) is 84.9 cm³/mol. The van der Waals surface area contributed by atoms with E-state index in [0.29, 0.717) is 31.1 Å². The molecule has 1 amide bonds. The number of amides is 1. The van der Waals surface area contributed by atoms with Crippen LogP contribution in [0.5, 0.6) is 0 Å². The van der Waals surface area contributed by atoms with Gasteiger partial charge in [0.15, 0.2) is 0 Å². The average Bonchev–Trinajstić information content (AvgIpc) is 3.32. The molecule has 0 bridgehead atoms. The summed E-state index contributed by atoms with van der Waals surface area (Å²) in [5.41, 5.74) is 5.91. The Morgan fingerprint density at radius 2 is 1.90 bits per heavy atom. The smallest absolute Gasteiger partial charge is 0.237 e. The van der Waals surface area contributed by atoms with Crippen LogP contribution in [0.4, 0.5) is 0 Å². The van der Waals surface area contributed by atoms with Crippen molar-refractivity contribution in [1.82, 2.24) is 9.80 Å². The summed E-state index contributed by atoms with van der Waals surface area (Å²) in [5.74, 6) is 1.85. The third-order valence-corrected chi connectivity index (χ3v) is 5.92. The lowest BCUT2D eigenvalue weighted by molar-refractivity contribution is -0.139. The summed E-state index contributed by atoms with van der Waals surface area (Å²) in [4.78, 5) is 17.2. The van der Waals surface area contributed by atoms with Crippen molar-refractivity contribution in [3.63, 3.8) is 0 Å². The number of nitrogens with two attached hydrogens (primary N) is 1. The van der Waals surface area contributed by atoms with Crippen molar-refractivity contribution >= 4 is 5.91 Å². The van der Waals surface area contributed by atoms with Gasteiger partial charge in [0.2, 0.25) is 5.91 Å². The van der Waals surface area contributed by atoms with E-state index in [1.54, 1.807) is 0 Å². The Morgan fingerprint density at radius 1 is 1.19 bits per heavy atom. The Bertz CT molecular complexity index is 367. The van der Waals surface area contributed by atoms with Gasteiger partial charge in [0.1, 0.15) is 0 Å². The zero-order valence-electron chi connectivity index (χ0n) is 13.5. The summed E-state index contributed by atoms with van der Waals surface area (Å²) in [6, 6.07) is 0.937. The molecule has 1 saturated heterocycles. The molecule has 3 aliphatic rings. The minimum absolute atomic E-state index is 0.341. The van der Waals surface area contributed by atoms with E-state index < -0.39 is 0 Å². The lowest BCUT2D eigenvalue weighted by Crippen LogP contribution is -2.53. The van der Waals surface area contributed by atoms with Crippen molar-refractivity contribution in [2.45, 2.75) is 63.5 Å². The normalized spacial score (nSPS) is 31.1. The highest BCUT2D eigenvalue weighted by Gasteiger charge is 2.37. The Kier molecular flexibility index (Phi) is 4.85. The molecule has 0 aromatic heterocycles. The number of hydrogen-bond acceptors (Lipinski definition) is 3. The third-order valence-electron chi connectivity index (χ3n) is 5.92. The van der Waals surface area contributed by atoms with Gasteiger partial charge in [-0.3, -0.25) is 9.69 Å². The molecule has 2 aliphatic carbocycles. The number of likely N-dealkylation sites (N-methyl/N-ethyl adjacent to an activating group) is 1. The second-order valence-corrected chi connectivity index (χ2v) is 7.40. The largest absolute Gasteiger partial charge is 0.338 e. The van der Waals surface area contributed by atoms with Gasteiger partial charge >= 0.3 is 0 Å². The summed E-state index contributed by atoms with van der Waals surface area (Å²) in [6.45, 7) is 2.21. The van der Waals surface area contributed by atoms with Gasteiger partial charge in [-0.05, 0) is 57.4 Å².